The van der Waals surface area contributed by atoms with Crippen molar-refractivity contribution in [1.82, 2.24) is 9.97 Å². The van der Waals surface area contributed by atoms with E-state index in [2.05, 4.69) is 9.80 Å². The highest BCUT2D eigenvalue weighted by Gasteiger charge is 2.45. The predicted molar refractivity (Wildman–Crippen MR) is 134 cm³/mol. The summed E-state index contributed by atoms with van der Waals surface area (Å²) in [6.07, 6.45) is 4.15. The van der Waals surface area contributed by atoms with E-state index in [4.69, 9.17) is 24.2 Å². The van der Waals surface area contributed by atoms with E-state index in [0.717, 1.165) is 48.8 Å². The Balaban J connectivity index is 1.30. The fraction of sp³-hybridized carbons (Fsp3) is 0.444. The van der Waals surface area contributed by atoms with Crippen molar-refractivity contribution in [2.24, 2.45) is 0 Å². The van der Waals surface area contributed by atoms with Crippen LogP contribution in [0, 0.1) is 0 Å². The molecule has 1 aromatic heterocycles. The summed E-state index contributed by atoms with van der Waals surface area (Å²) in [6.45, 7) is 3.49. The Labute approximate surface area is 204 Å². The Morgan fingerprint density at radius 3 is 2.09 bits per heavy atom. The zero-order chi connectivity index (χ0) is 24.0. The second-order valence-corrected chi connectivity index (χ2v) is 9.60. The second-order valence-electron chi connectivity index (χ2n) is 9.60. The van der Waals surface area contributed by atoms with E-state index in [0.29, 0.717) is 42.1 Å². The van der Waals surface area contributed by atoms with Crippen LogP contribution in [0.3, 0.4) is 0 Å². The van der Waals surface area contributed by atoms with Gasteiger partial charge in [-0.05, 0) is 37.1 Å². The van der Waals surface area contributed by atoms with Crippen molar-refractivity contribution in [1.29, 1.82) is 0 Å². The first-order valence-electron chi connectivity index (χ1n) is 12.3. The van der Waals surface area contributed by atoms with Crippen molar-refractivity contribution in [3.8, 4) is 17.2 Å². The van der Waals surface area contributed by atoms with E-state index >= 15 is 0 Å². The molecule has 3 aromatic rings. The number of para-hydroxylation sites is 2. The number of rotatable bonds is 4. The lowest BCUT2D eigenvalue weighted by Gasteiger charge is -2.44. The minimum absolute atomic E-state index is 0.0869. The Kier molecular flexibility index (Phi) is 5.39. The molecule has 35 heavy (non-hydrogen) atoms. The Morgan fingerprint density at radius 2 is 1.49 bits per heavy atom. The molecule has 8 nitrogen and oxygen atoms in total. The molecule has 6 rings (SSSR count). The minimum Gasteiger partial charge on any atom is -0.493 e. The Morgan fingerprint density at radius 1 is 0.857 bits per heavy atom. The number of fused-ring (bicyclic) bond motifs is 2. The number of carbonyl (C=O) groups excluding carboxylic acids is 1. The summed E-state index contributed by atoms with van der Waals surface area (Å²) >= 11 is 0. The largest absolute Gasteiger partial charge is 0.493 e. The number of nitrogens with zero attached hydrogens (tertiary/aromatic N) is 4. The van der Waals surface area contributed by atoms with Gasteiger partial charge in [-0.2, -0.15) is 0 Å². The third-order valence-electron chi connectivity index (χ3n) is 7.52. The summed E-state index contributed by atoms with van der Waals surface area (Å²) in [7, 11) is 3.17. The van der Waals surface area contributed by atoms with Crippen LogP contribution in [0.15, 0.2) is 36.4 Å². The zero-order valence-electron chi connectivity index (χ0n) is 20.2. The van der Waals surface area contributed by atoms with Gasteiger partial charge in [-0.1, -0.05) is 12.1 Å². The van der Waals surface area contributed by atoms with Gasteiger partial charge in [-0.15, -0.1) is 0 Å². The molecule has 2 saturated heterocycles. The molecule has 8 heteroatoms. The molecule has 0 saturated carbocycles. The van der Waals surface area contributed by atoms with Crippen molar-refractivity contribution in [2.45, 2.75) is 37.7 Å². The zero-order valence-corrected chi connectivity index (χ0v) is 20.2. The lowest BCUT2D eigenvalue weighted by Crippen LogP contribution is -2.51. The molecule has 4 heterocycles. The van der Waals surface area contributed by atoms with Crippen LogP contribution in [-0.4, -0.2) is 61.8 Å². The van der Waals surface area contributed by atoms with E-state index in [1.165, 1.54) is 12.8 Å². The number of ether oxygens (including phenoxy) is 3. The van der Waals surface area contributed by atoms with Gasteiger partial charge >= 0.3 is 0 Å². The molecular formula is C27H30N4O4. The molecule has 0 N–H and O–H groups in total. The summed E-state index contributed by atoms with van der Waals surface area (Å²) in [5.74, 6) is 3.53. The number of piperidine rings is 1. The molecular weight excluding hydrogens is 444 g/mol. The average Bonchev–Trinajstić information content (AvgIpc) is 3.43. The van der Waals surface area contributed by atoms with Crippen molar-refractivity contribution in [2.75, 3.05) is 50.2 Å². The van der Waals surface area contributed by atoms with Crippen LogP contribution in [0.1, 0.15) is 42.5 Å². The van der Waals surface area contributed by atoms with Crippen molar-refractivity contribution in [3.63, 3.8) is 0 Å². The number of methoxy groups -OCH3 is 2. The van der Waals surface area contributed by atoms with E-state index in [9.17, 15) is 4.79 Å². The topological polar surface area (TPSA) is 77.0 Å². The van der Waals surface area contributed by atoms with Gasteiger partial charge in [0.15, 0.2) is 28.9 Å². The second kappa shape index (κ2) is 8.59. The highest BCUT2D eigenvalue weighted by molar-refractivity contribution is 6.01. The van der Waals surface area contributed by atoms with Gasteiger partial charge in [0, 0.05) is 39.0 Å². The van der Waals surface area contributed by atoms with Gasteiger partial charge in [0.25, 0.3) is 0 Å². The highest BCUT2D eigenvalue weighted by Crippen LogP contribution is 2.48. The van der Waals surface area contributed by atoms with Crippen molar-refractivity contribution in [3.05, 3.63) is 42.0 Å². The fourth-order valence-electron chi connectivity index (χ4n) is 5.60. The predicted octanol–water partition coefficient (Wildman–Crippen LogP) is 4.25. The quantitative estimate of drug-likeness (QED) is 0.555. The Hall–Kier alpha value is -3.55. The number of carbonyl (C=O) groups is 1. The number of Topliss-reactive ketones (excluding diaryl/α,β-unsaturated/α-hetero) is 1. The minimum atomic E-state index is -0.557. The van der Waals surface area contributed by atoms with Crippen LogP contribution in [-0.2, 0) is 0 Å². The lowest BCUT2D eigenvalue weighted by atomic mass is 9.82. The number of benzene rings is 2. The van der Waals surface area contributed by atoms with Crippen LogP contribution in [0.25, 0.3) is 11.0 Å². The van der Waals surface area contributed by atoms with Crippen LogP contribution in [0.2, 0.25) is 0 Å². The van der Waals surface area contributed by atoms with Gasteiger partial charge in [-0.25, -0.2) is 9.97 Å². The van der Waals surface area contributed by atoms with Crippen LogP contribution in [0.5, 0.6) is 17.2 Å². The summed E-state index contributed by atoms with van der Waals surface area (Å²) in [5, 5.41) is 0. The molecule has 0 unspecified atom stereocenters. The number of ketones is 1. The molecule has 0 amide bonds. The van der Waals surface area contributed by atoms with Crippen molar-refractivity contribution < 1.29 is 19.0 Å². The maximum atomic E-state index is 13.1. The monoisotopic (exact) mass is 474 g/mol. The van der Waals surface area contributed by atoms with Crippen LogP contribution in [0.4, 0.5) is 11.6 Å². The van der Waals surface area contributed by atoms with Crippen LogP contribution >= 0.6 is 0 Å². The van der Waals surface area contributed by atoms with E-state index in [1.807, 2.05) is 24.3 Å². The first kappa shape index (κ1) is 21.9. The average molecular weight is 475 g/mol. The number of anilines is 2. The smallest absolute Gasteiger partial charge is 0.204 e. The molecule has 0 aliphatic carbocycles. The summed E-state index contributed by atoms with van der Waals surface area (Å²) in [6, 6.07) is 11.6. The third-order valence-corrected chi connectivity index (χ3v) is 7.52. The molecule has 3 aliphatic heterocycles. The molecule has 1 spiro atoms. The van der Waals surface area contributed by atoms with Crippen molar-refractivity contribution >= 4 is 28.5 Å². The molecule has 2 fully saturated rings. The van der Waals surface area contributed by atoms with Gasteiger partial charge < -0.3 is 24.0 Å². The lowest BCUT2D eigenvalue weighted by molar-refractivity contribution is 0.0207. The van der Waals surface area contributed by atoms with E-state index < -0.39 is 5.60 Å². The first-order chi connectivity index (χ1) is 17.1. The van der Waals surface area contributed by atoms with Gasteiger partial charge in [0.1, 0.15) is 5.60 Å². The Bertz CT molecular complexity index is 1280. The molecule has 0 atom stereocenters. The van der Waals surface area contributed by atoms with Gasteiger partial charge in [0.05, 0.1) is 37.2 Å². The maximum Gasteiger partial charge on any atom is 0.204 e. The molecule has 182 valence electrons. The third kappa shape index (κ3) is 3.72. The summed E-state index contributed by atoms with van der Waals surface area (Å²) in [4.78, 5) is 27.9. The molecule has 0 radical (unpaired) electrons. The fourth-order valence-corrected chi connectivity index (χ4v) is 5.60. The number of hydrogen-bond acceptors (Lipinski definition) is 8. The standard InChI is InChI=1S/C27H30N4O4/c1-33-22-10-9-18-21(32)17-27(35-23(18)24(22)34-2)11-15-31(16-12-27)26-25(30-13-5-6-14-30)28-19-7-3-4-8-20(19)29-26/h3-4,7-10H,5-6,11-17H2,1-2H3. The molecule has 0 bridgehead atoms. The highest BCUT2D eigenvalue weighted by atomic mass is 16.5. The van der Waals surface area contributed by atoms with Gasteiger partial charge in [0.2, 0.25) is 5.75 Å². The molecule has 2 aromatic carbocycles. The van der Waals surface area contributed by atoms with E-state index in [-0.39, 0.29) is 5.78 Å². The summed E-state index contributed by atoms with van der Waals surface area (Å²) < 4.78 is 17.6. The van der Waals surface area contributed by atoms with Crippen LogP contribution < -0.4 is 24.0 Å². The molecule has 3 aliphatic rings. The first-order valence-corrected chi connectivity index (χ1v) is 12.3. The van der Waals surface area contributed by atoms with Gasteiger partial charge in [-0.3, -0.25) is 4.79 Å². The van der Waals surface area contributed by atoms with E-state index in [1.54, 1.807) is 26.4 Å². The number of aromatic nitrogens is 2. The normalized spacial score (nSPS) is 19.1. The number of hydrogen-bond donors (Lipinski definition) is 0. The SMILES string of the molecule is COc1ccc2c(c1OC)OC1(CCN(c3nc4ccccc4nc3N3CCCC3)CC1)CC2=O. The summed E-state index contributed by atoms with van der Waals surface area (Å²) in [5.41, 5.74) is 1.83. The maximum absolute atomic E-state index is 13.1.